The molecule has 0 aromatic heterocycles. The fraction of sp³-hybridized carbons (Fsp3) is 0.865. The third-order valence-electron chi connectivity index (χ3n) is 10.7. The van der Waals surface area contributed by atoms with Crippen LogP contribution in [0, 0.1) is 11.3 Å². The van der Waals surface area contributed by atoms with E-state index in [1.54, 1.807) is 16.7 Å². The van der Waals surface area contributed by atoms with Gasteiger partial charge in [0.15, 0.2) is 0 Å². The molecule has 2 aliphatic carbocycles. The van der Waals surface area contributed by atoms with E-state index < -0.39 is 14.2 Å². The molecule has 1 fully saturated rings. The molecule has 3 heteroatoms. The van der Waals surface area contributed by atoms with E-state index in [0.29, 0.717) is 11.5 Å². The first-order valence-electron chi connectivity index (χ1n) is 18.1. The largest absolute Gasteiger partial charge is 0.369 e. The van der Waals surface area contributed by atoms with Gasteiger partial charge in [-0.2, -0.15) is 0 Å². The number of allylic oxidation sites excluding steroid dienone is 3. The second kappa shape index (κ2) is 19.4. The number of nitrogens with two attached hydrogens (primary N) is 1. The van der Waals surface area contributed by atoms with Crippen LogP contribution in [0.2, 0.25) is 18.6 Å². The van der Waals surface area contributed by atoms with Crippen LogP contribution < -0.4 is 5.73 Å². The molecule has 0 bridgehead atoms. The van der Waals surface area contributed by atoms with E-state index in [2.05, 4.69) is 40.8 Å². The first-order chi connectivity index (χ1) is 19.4. The lowest BCUT2D eigenvalue weighted by Crippen LogP contribution is -2.47. The van der Waals surface area contributed by atoms with Crippen molar-refractivity contribution in [1.29, 1.82) is 0 Å². The summed E-state index contributed by atoms with van der Waals surface area (Å²) in [4.78, 5) is 14.1. The number of hydrogen-bond acceptors (Lipinski definition) is 1. The molecule has 2 rings (SSSR count). The van der Waals surface area contributed by atoms with Gasteiger partial charge in [-0.1, -0.05) is 156 Å². The van der Waals surface area contributed by atoms with Crippen LogP contribution in [-0.2, 0) is 4.79 Å². The van der Waals surface area contributed by atoms with Crippen molar-refractivity contribution < 1.29 is 4.79 Å². The number of carbonyl (C=O) groups excluding carboxylic acids is 1. The normalized spacial score (nSPS) is 25.4. The summed E-state index contributed by atoms with van der Waals surface area (Å²) >= 11 is 0. The van der Waals surface area contributed by atoms with E-state index in [1.807, 2.05) is 0 Å². The molecule has 3 atom stereocenters. The first-order valence-corrected chi connectivity index (χ1v) is 21.1. The van der Waals surface area contributed by atoms with Crippen molar-refractivity contribution in [3.8, 4) is 0 Å². The van der Waals surface area contributed by atoms with Crippen molar-refractivity contribution in [2.75, 3.05) is 0 Å². The van der Waals surface area contributed by atoms with Crippen molar-refractivity contribution in [2.24, 2.45) is 17.1 Å². The summed E-state index contributed by atoms with van der Waals surface area (Å²) in [5, 5.41) is 0. The van der Waals surface area contributed by atoms with Crippen LogP contribution >= 0.6 is 0 Å². The van der Waals surface area contributed by atoms with Crippen molar-refractivity contribution >= 4 is 14.7 Å². The van der Waals surface area contributed by atoms with Crippen LogP contribution in [0.3, 0.4) is 0 Å². The molecule has 0 spiro atoms. The zero-order chi connectivity index (χ0) is 29.4. The number of unbranched alkanes of at least 4 members (excludes halogenated alkanes) is 8. The molecule has 0 radical (unpaired) electrons. The molecule has 0 aromatic carbocycles. The van der Waals surface area contributed by atoms with Gasteiger partial charge in [0.05, 0.1) is 5.41 Å². The maximum absolute atomic E-state index is 14.1. The highest BCUT2D eigenvalue weighted by atomic mass is 28.3. The fourth-order valence-corrected chi connectivity index (χ4v) is 11.1. The third-order valence-corrected chi connectivity index (χ3v) is 13.2. The zero-order valence-electron chi connectivity index (χ0n) is 28.0. The van der Waals surface area contributed by atoms with Crippen molar-refractivity contribution in [3.63, 3.8) is 0 Å². The summed E-state index contributed by atoms with van der Waals surface area (Å²) in [5.74, 6) is 0.414. The molecule has 3 unspecified atom stereocenters. The number of carbonyl (C=O) groups is 1. The Hall–Kier alpha value is -0.833. The van der Waals surface area contributed by atoms with Gasteiger partial charge in [-0.25, -0.2) is 0 Å². The van der Waals surface area contributed by atoms with Crippen molar-refractivity contribution in [1.82, 2.24) is 0 Å². The van der Waals surface area contributed by atoms with Crippen LogP contribution in [0.15, 0.2) is 22.3 Å². The maximum atomic E-state index is 14.1. The summed E-state index contributed by atoms with van der Waals surface area (Å²) in [5.41, 5.74) is 13.2. The molecule has 1 amide bonds. The summed E-state index contributed by atoms with van der Waals surface area (Å²) in [6, 6.07) is 0. The van der Waals surface area contributed by atoms with Crippen molar-refractivity contribution in [2.45, 2.75) is 194 Å². The summed E-state index contributed by atoms with van der Waals surface area (Å²) in [6.07, 6.45) is 29.5. The Balaban J connectivity index is 2.53. The van der Waals surface area contributed by atoms with Gasteiger partial charge in [0, 0.05) is 14.7 Å². The van der Waals surface area contributed by atoms with E-state index in [9.17, 15) is 4.79 Å². The Morgan fingerprint density at radius 1 is 0.750 bits per heavy atom. The average Bonchev–Trinajstić information content (AvgIpc) is 3.19. The average molecular weight is 572 g/mol. The second-order valence-electron chi connectivity index (χ2n) is 13.9. The Morgan fingerprint density at radius 3 is 1.85 bits per heavy atom. The lowest BCUT2D eigenvalue weighted by Gasteiger charge is -2.45. The molecule has 40 heavy (non-hydrogen) atoms. The topological polar surface area (TPSA) is 43.1 Å². The summed E-state index contributed by atoms with van der Waals surface area (Å²) in [6.45, 7) is 14.5. The Morgan fingerprint density at radius 2 is 1.27 bits per heavy atom. The van der Waals surface area contributed by atoms with E-state index >= 15 is 0 Å². The zero-order valence-corrected chi connectivity index (χ0v) is 29.1. The van der Waals surface area contributed by atoms with Crippen LogP contribution in [0.25, 0.3) is 0 Å². The smallest absolute Gasteiger partial charge is 0.227 e. The molecule has 2 aliphatic rings. The number of rotatable bonds is 16. The molecule has 2 N–H and O–H groups in total. The Labute approximate surface area is 252 Å². The fourth-order valence-electron chi connectivity index (χ4n) is 8.55. The van der Waals surface area contributed by atoms with Gasteiger partial charge in [-0.3, -0.25) is 4.79 Å². The Bertz CT molecular complexity index is 796. The number of primary amides is 1. The molecule has 2 nitrogen and oxygen atoms in total. The monoisotopic (exact) mass is 572 g/mol. The molecular formula is C37H69NOSi. The highest BCUT2D eigenvalue weighted by Gasteiger charge is 2.52. The number of hydrogen-bond donors (Lipinski definition) is 1. The summed E-state index contributed by atoms with van der Waals surface area (Å²) < 4.78 is 0. The van der Waals surface area contributed by atoms with Gasteiger partial charge in [0.2, 0.25) is 5.91 Å². The molecule has 232 valence electrons. The summed E-state index contributed by atoms with van der Waals surface area (Å²) in [7, 11) is -1.13. The van der Waals surface area contributed by atoms with Gasteiger partial charge in [0.1, 0.15) is 0 Å². The first kappa shape index (κ1) is 35.4. The van der Waals surface area contributed by atoms with Crippen LogP contribution in [0.4, 0.5) is 0 Å². The van der Waals surface area contributed by atoms with Crippen LogP contribution in [0.1, 0.15) is 175 Å². The van der Waals surface area contributed by atoms with E-state index in [-0.39, 0.29) is 5.91 Å². The lowest BCUT2D eigenvalue weighted by molar-refractivity contribution is -0.127. The predicted octanol–water partition coefficient (Wildman–Crippen LogP) is 11.6. The van der Waals surface area contributed by atoms with Crippen LogP contribution in [-0.4, -0.2) is 14.7 Å². The van der Waals surface area contributed by atoms with Gasteiger partial charge in [-0.05, 0) is 60.8 Å². The third kappa shape index (κ3) is 9.60. The number of amides is 1. The second-order valence-corrected chi connectivity index (χ2v) is 17.1. The predicted molar refractivity (Wildman–Crippen MR) is 181 cm³/mol. The highest BCUT2D eigenvalue weighted by Crippen LogP contribution is 2.58. The minimum Gasteiger partial charge on any atom is -0.369 e. The molecule has 0 saturated heterocycles. The lowest BCUT2D eigenvalue weighted by atomic mass is 9.65. The van der Waals surface area contributed by atoms with Gasteiger partial charge in [0.25, 0.3) is 0 Å². The molecular weight excluding hydrogens is 502 g/mol. The van der Waals surface area contributed by atoms with E-state index in [0.717, 1.165) is 19.3 Å². The molecule has 1 saturated carbocycles. The molecule has 0 aromatic rings. The van der Waals surface area contributed by atoms with Gasteiger partial charge < -0.3 is 5.73 Å². The SMILES string of the molecule is CCCCCCCCC1=C(CCCCCC)C(CC)=C(C2(C(N)=O)CCCCCCCCCCC2[SiH](C)C)C1C. The van der Waals surface area contributed by atoms with E-state index in [4.69, 9.17) is 5.73 Å². The standard InChI is InChI=1S/C37H69NOSi/c1-7-10-12-14-19-23-26-32-30(4)35(31(9-3)33(32)27-22-13-11-8-2)37(36(38)39)29-25-21-18-16-15-17-20-24-28-34(37)40(5)6/h30,34,40H,7-29H2,1-6H3,(H2,38,39). The van der Waals surface area contributed by atoms with Crippen molar-refractivity contribution in [3.05, 3.63) is 22.3 Å². The quantitative estimate of drug-likeness (QED) is 0.145. The maximum Gasteiger partial charge on any atom is 0.227 e. The van der Waals surface area contributed by atoms with Crippen LogP contribution in [0.5, 0.6) is 0 Å². The highest BCUT2D eigenvalue weighted by molar-refractivity contribution is 6.58. The Kier molecular flexibility index (Phi) is 17.1. The minimum atomic E-state index is -1.13. The molecule has 0 heterocycles. The molecule has 0 aliphatic heterocycles. The van der Waals surface area contributed by atoms with E-state index in [1.165, 1.54) is 134 Å². The van der Waals surface area contributed by atoms with Gasteiger partial charge in [-0.15, -0.1) is 0 Å². The van der Waals surface area contributed by atoms with Gasteiger partial charge >= 0.3 is 0 Å². The minimum absolute atomic E-state index is 0.0229.